The summed E-state index contributed by atoms with van der Waals surface area (Å²) in [6, 6.07) is 16.3. The van der Waals surface area contributed by atoms with Crippen LogP contribution in [0.1, 0.15) is 44.2 Å². The molecule has 2 aliphatic rings. The van der Waals surface area contributed by atoms with Crippen LogP contribution in [0.2, 0.25) is 0 Å². The van der Waals surface area contributed by atoms with E-state index in [0.29, 0.717) is 13.0 Å². The first-order chi connectivity index (χ1) is 16.2. The van der Waals surface area contributed by atoms with Gasteiger partial charge in [-0.1, -0.05) is 62.4 Å². The maximum Gasteiger partial charge on any atom is 0.407 e. The fourth-order valence-corrected chi connectivity index (χ4v) is 5.10. The summed E-state index contributed by atoms with van der Waals surface area (Å²) in [6.45, 7) is 6.50. The minimum Gasteiger partial charge on any atom is -0.481 e. The average Bonchev–Trinajstić information content (AvgIpc) is 3.39. The molecule has 2 aromatic carbocycles. The molecule has 0 aromatic heterocycles. The monoisotopic (exact) mass is 464 g/mol. The summed E-state index contributed by atoms with van der Waals surface area (Å²) in [4.78, 5) is 38.8. The van der Waals surface area contributed by atoms with Crippen molar-refractivity contribution in [1.29, 1.82) is 0 Å². The highest BCUT2D eigenvalue weighted by Gasteiger charge is 2.43. The summed E-state index contributed by atoms with van der Waals surface area (Å²) in [5.41, 5.74) is 3.77. The second-order valence-electron chi connectivity index (χ2n) is 9.73. The summed E-state index contributed by atoms with van der Waals surface area (Å²) in [7, 11) is 0. The molecule has 0 bridgehead atoms. The van der Waals surface area contributed by atoms with Crippen LogP contribution in [0.4, 0.5) is 4.79 Å². The van der Waals surface area contributed by atoms with Crippen LogP contribution in [-0.4, -0.2) is 54.2 Å². The van der Waals surface area contributed by atoms with Gasteiger partial charge in [0.1, 0.15) is 6.61 Å². The zero-order valence-electron chi connectivity index (χ0n) is 19.9. The normalized spacial score (nSPS) is 20.9. The number of carboxylic acids is 1. The number of alkyl carbamates (subject to hydrolysis) is 1. The predicted molar refractivity (Wildman–Crippen MR) is 128 cm³/mol. The summed E-state index contributed by atoms with van der Waals surface area (Å²) in [6.07, 6.45) is -0.0505. The van der Waals surface area contributed by atoms with E-state index < -0.39 is 23.4 Å². The minimum atomic E-state index is -0.877. The van der Waals surface area contributed by atoms with E-state index in [9.17, 15) is 19.5 Å². The zero-order chi connectivity index (χ0) is 24.5. The second-order valence-corrected chi connectivity index (χ2v) is 9.73. The Labute approximate surface area is 200 Å². The molecule has 1 heterocycles. The molecule has 2 aromatic rings. The number of carbonyl (C=O) groups is 3. The Morgan fingerprint density at radius 3 is 2.18 bits per heavy atom. The van der Waals surface area contributed by atoms with E-state index in [2.05, 4.69) is 29.6 Å². The molecule has 1 unspecified atom stereocenters. The smallest absolute Gasteiger partial charge is 0.407 e. The van der Waals surface area contributed by atoms with Crippen LogP contribution in [0, 0.1) is 17.3 Å². The van der Waals surface area contributed by atoms with Crippen molar-refractivity contribution in [3.63, 3.8) is 0 Å². The van der Waals surface area contributed by atoms with Gasteiger partial charge in [-0.3, -0.25) is 9.59 Å². The highest BCUT2D eigenvalue weighted by atomic mass is 16.5. The van der Waals surface area contributed by atoms with Gasteiger partial charge in [0, 0.05) is 25.6 Å². The molecule has 0 radical (unpaired) electrons. The first kappa shape index (κ1) is 23.8. The van der Waals surface area contributed by atoms with Crippen molar-refractivity contribution in [3.05, 3.63) is 59.7 Å². The van der Waals surface area contributed by atoms with Crippen molar-refractivity contribution in [1.82, 2.24) is 10.2 Å². The lowest BCUT2D eigenvalue weighted by molar-refractivity contribution is -0.143. The Morgan fingerprint density at radius 2 is 1.65 bits per heavy atom. The molecule has 2 N–H and O–H groups in total. The fraction of sp³-hybridized carbons (Fsp3) is 0.444. The third-order valence-electron chi connectivity index (χ3n) is 7.48. The number of fused-ring (bicyclic) bond motifs is 3. The molecule has 2 amide bonds. The van der Waals surface area contributed by atoms with Crippen LogP contribution in [0.25, 0.3) is 11.1 Å². The molecule has 7 nitrogen and oxygen atoms in total. The molecular weight excluding hydrogens is 432 g/mol. The van der Waals surface area contributed by atoms with Crippen molar-refractivity contribution < 1.29 is 24.2 Å². The molecule has 34 heavy (non-hydrogen) atoms. The molecule has 7 heteroatoms. The molecule has 1 aliphatic carbocycles. The van der Waals surface area contributed by atoms with Gasteiger partial charge in [-0.2, -0.15) is 0 Å². The van der Waals surface area contributed by atoms with Gasteiger partial charge in [0.15, 0.2) is 0 Å². The van der Waals surface area contributed by atoms with Gasteiger partial charge in [-0.15, -0.1) is 0 Å². The maximum atomic E-state index is 13.2. The van der Waals surface area contributed by atoms with Crippen molar-refractivity contribution in [3.8, 4) is 11.1 Å². The highest BCUT2D eigenvalue weighted by molar-refractivity contribution is 5.85. The molecule has 1 fully saturated rings. The van der Waals surface area contributed by atoms with Crippen molar-refractivity contribution in [2.24, 2.45) is 17.3 Å². The number of carbonyl (C=O) groups excluding carboxylic acids is 2. The summed E-state index contributed by atoms with van der Waals surface area (Å²) < 4.78 is 5.60. The van der Waals surface area contributed by atoms with Crippen molar-refractivity contribution in [2.45, 2.75) is 33.1 Å². The average molecular weight is 465 g/mol. The summed E-state index contributed by atoms with van der Waals surface area (Å²) >= 11 is 0. The quantitative estimate of drug-likeness (QED) is 0.643. The lowest BCUT2D eigenvalue weighted by atomic mass is 9.85. The van der Waals surface area contributed by atoms with E-state index in [0.717, 1.165) is 22.3 Å². The number of benzene rings is 2. The predicted octanol–water partition coefficient (Wildman–Crippen LogP) is 4.12. The van der Waals surface area contributed by atoms with E-state index in [-0.39, 0.29) is 37.4 Å². The second kappa shape index (κ2) is 9.49. The molecule has 0 saturated carbocycles. The topological polar surface area (TPSA) is 95.9 Å². The first-order valence-corrected chi connectivity index (χ1v) is 11.9. The van der Waals surface area contributed by atoms with Gasteiger partial charge in [0.05, 0.1) is 11.3 Å². The molecular formula is C27H32N2O5. The minimum absolute atomic E-state index is 0.0311. The number of aliphatic carboxylic acids is 1. The number of carboxylic acid groups (broad SMARTS) is 1. The van der Waals surface area contributed by atoms with Crippen LogP contribution in [0.5, 0.6) is 0 Å². The van der Waals surface area contributed by atoms with Crippen LogP contribution in [0.3, 0.4) is 0 Å². The number of nitrogens with one attached hydrogen (secondary N) is 1. The molecule has 1 saturated heterocycles. The number of rotatable bonds is 7. The van der Waals surface area contributed by atoms with E-state index >= 15 is 0 Å². The van der Waals surface area contributed by atoms with Crippen molar-refractivity contribution in [2.75, 3.05) is 26.2 Å². The van der Waals surface area contributed by atoms with Gasteiger partial charge in [0.25, 0.3) is 0 Å². The largest absolute Gasteiger partial charge is 0.481 e. The van der Waals surface area contributed by atoms with Crippen LogP contribution in [-0.2, 0) is 14.3 Å². The van der Waals surface area contributed by atoms with Crippen molar-refractivity contribution >= 4 is 18.0 Å². The Kier molecular flexibility index (Phi) is 6.64. The van der Waals surface area contributed by atoms with Gasteiger partial charge in [-0.05, 0) is 41.5 Å². The van der Waals surface area contributed by atoms with Crippen LogP contribution >= 0.6 is 0 Å². The highest BCUT2D eigenvalue weighted by Crippen LogP contribution is 2.44. The fourth-order valence-electron chi connectivity index (χ4n) is 5.10. The van der Waals surface area contributed by atoms with E-state index in [4.69, 9.17) is 4.74 Å². The molecule has 3 atom stereocenters. The summed E-state index contributed by atoms with van der Waals surface area (Å²) in [5, 5.41) is 12.2. The lowest BCUT2D eigenvalue weighted by Crippen LogP contribution is -2.48. The Hall–Kier alpha value is -3.35. The van der Waals surface area contributed by atoms with E-state index in [1.165, 1.54) is 0 Å². The number of ether oxygens (including phenoxy) is 1. The SMILES string of the molecule is CCC(C)(CNC(=O)OCC1c2ccccc2-c2ccccc21)C(=O)N1C[C@H](C(=O)O)[C@@H](C)C1. The number of nitrogens with zero attached hydrogens (tertiary/aromatic N) is 1. The third kappa shape index (κ3) is 4.39. The Balaban J connectivity index is 1.36. The standard InChI is InChI=1S/C27H32N2O5/c1-4-27(3,25(32)29-13-17(2)22(14-29)24(30)31)16-28-26(33)34-15-23-20-11-7-5-9-18(20)19-10-6-8-12-21(19)23/h5-12,17,22-23H,4,13-16H2,1-3H3,(H,28,33)(H,30,31)/t17-,22-,27?/m0/s1. The summed E-state index contributed by atoms with van der Waals surface area (Å²) in [5.74, 6) is -1.70. The number of hydrogen-bond donors (Lipinski definition) is 2. The molecule has 180 valence electrons. The Morgan fingerprint density at radius 1 is 1.06 bits per heavy atom. The van der Waals surface area contributed by atoms with E-state index in [1.54, 1.807) is 11.8 Å². The molecule has 0 spiro atoms. The lowest BCUT2D eigenvalue weighted by Gasteiger charge is -2.32. The van der Waals surface area contributed by atoms with Gasteiger partial charge in [-0.25, -0.2) is 4.79 Å². The molecule has 4 rings (SSSR count). The van der Waals surface area contributed by atoms with E-state index in [1.807, 2.05) is 38.1 Å². The van der Waals surface area contributed by atoms with Crippen LogP contribution < -0.4 is 5.32 Å². The number of amides is 2. The third-order valence-corrected chi connectivity index (χ3v) is 7.48. The van der Waals surface area contributed by atoms with Gasteiger partial charge < -0.3 is 20.1 Å². The maximum absolute atomic E-state index is 13.2. The van der Waals surface area contributed by atoms with Gasteiger partial charge in [0.2, 0.25) is 5.91 Å². The Bertz CT molecular complexity index is 1050. The number of hydrogen-bond acceptors (Lipinski definition) is 4. The zero-order valence-corrected chi connectivity index (χ0v) is 19.9. The number of likely N-dealkylation sites (tertiary alicyclic amines) is 1. The van der Waals surface area contributed by atoms with Crippen LogP contribution in [0.15, 0.2) is 48.5 Å². The first-order valence-electron chi connectivity index (χ1n) is 11.9. The molecule has 1 aliphatic heterocycles. The van der Waals surface area contributed by atoms with Gasteiger partial charge >= 0.3 is 12.1 Å².